The van der Waals surface area contributed by atoms with E-state index in [1.165, 1.54) is 82.6 Å². The molecule has 0 N–H and O–H groups in total. The Morgan fingerprint density at radius 1 is 0.812 bits per heavy atom. The second kappa shape index (κ2) is 13.0. The number of carbonyl (C=O) groups is 1. The number of fused-ring (bicyclic) bond motifs is 1. The largest absolute Gasteiger partial charge is 0.465 e. The summed E-state index contributed by atoms with van der Waals surface area (Å²) in [5.74, 6) is -0.466. The fourth-order valence-corrected chi connectivity index (χ4v) is 5.53. The van der Waals surface area contributed by atoms with E-state index >= 15 is 0 Å². The van der Waals surface area contributed by atoms with Gasteiger partial charge in [0.05, 0.1) is 12.7 Å². The van der Waals surface area contributed by atoms with Crippen LogP contribution < -0.4 is 0 Å². The summed E-state index contributed by atoms with van der Waals surface area (Å²) < 4.78 is 18.9. The van der Waals surface area contributed by atoms with E-state index in [-0.39, 0.29) is 11.8 Å². The summed E-state index contributed by atoms with van der Waals surface area (Å²) in [5, 5.41) is 0. The molecule has 4 heteroatoms. The van der Waals surface area contributed by atoms with Gasteiger partial charge in [-0.15, -0.1) is 11.8 Å². The van der Waals surface area contributed by atoms with Crippen LogP contribution in [-0.4, -0.2) is 19.3 Å². The highest BCUT2D eigenvalue weighted by molar-refractivity contribution is 7.98. The molecule has 0 aromatic heterocycles. The van der Waals surface area contributed by atoms with Crippen molar-refractivity contribution in [2.24, 2.45) is 0 Å². The Balaban J connectivity index is 2.09. The van der Waals surface area contributed by atoms with Gasteiger partial charge in [0.25, 0.3) is 0 Å². The van der Waals surface area contributed by atoms with E-state index in [0.29, 0.717) is 0 Å². The molecule has 0 unspecified atom stereocenters. The lowest BCUT2D eigenvalue weighted by molar-refractivity contribution is 0.0595. The zero-order chi connectivity index (χ0) is 22.8. The normalized spacial score (nSPS) is 16.5. The molecule has 0 spiro atoms. The lowest BCUT2D eigenvalue weighted by atomic mass is 9.86. The molecule has 32 heavy (non-hydrogen) atoms. The van der Waals surface area contributed by atoms with E-state index in [1.54, 1.807) is 11.8 Å². The molecule has 1 aliphatic carbocycles. The minimum atomic E-state index is -0.242. The van der Waals surface area contributed by atoms with Gasteiger partial charge < -0.3 is 4.74 Å². The van der Waals surface area contributed by atoms with Crippen LogP contribution in [0, 0.1) is 5.82 Å². The fourth-order valence-electron chi connectivity index (χ4n) is 4.88. The van der Waals surface area contributed by atoms with Gasteiger partial charge in [-0.2, -0.15) is 0 Å². The number of ether oxygens (including phenoxy) is 1. The second-order valence-electron chi connectivity index (χ2n) is 8.85. The molecule has 0 heterocycles. The third kappa shape index (κ3) is 6.60. The van der Waals surface area contributed by atoms with Crippen LogP contribution in [0.2, 0.25) is 0 Å². The number of halogens is 1. The lowest BCUT2D eigenvalue weighted by Gasteiger charge is -2.21. The summed E-state index contributed by atoms with van der Waals surface area (Å²) in [4.78, 5) is 13.8. The molecular weight excluding hydrogens is 419 g/mol. The minimum Gasteiger partial charge on any atom is -0.465 e. The van der Waals surface area contributed by atoms with Gasteiger partial charge in [-0.05, 0) is 72.4 Å². The molecule has 0 fully saturated rings. The quantitative estimate of drug-likeness (QED) is 0.343. The maximum absolute atomic E-state index is 13.6. The first kappa shape index (κ1) is 24.8. The molecule has 2 aromatic carbocycles. The highest BCUT2D eigenvalue weighted by Gasteiger charge is 2.23. The van der Waals surface area contributed by atoms with Gasteiger partial charge >= 0.3 is 5.97 Å². The monoisotopic (exact) mass is 456 g/mol. The highest BCUT2D eigenvalue weighted by atomic mass is 32.2. The van der Waals surface area contributed by atoms with Crippen molar-refractivity contribution in [2.75, 3.05) is 13.4 Å². The van der Waals surface area contributed by atoms with Crippen LogP contribution in [0.1, 0.15) is 92.1 Å². The molecule has 0 atom stereocenters. The van der Waals surface area contributed by atoms with E-state index in [0.717, 1.165) is 52.8 Å². The van der Waals surface area contributed by atoms with Crippen LogP contribution in [0.3, 0.4) is 0 Å². The van der Waals surface area contributed by atoms with Gasteiger partial charge in [-0.3, -0.25) is 0 Å². The molecule has 0 amide bonds. The molecule has 3 rings (SSSR count). The molecule has 1 aliphatic rings. The Hall–Kier alpha value is -1.81. The summed E-state index contributed by atoms with van der Waals surface area (Å²) in [6.45, 7) is 0. The van der Waals surface area contributed by atoms with Crippen molar-refractivity contribution in [2.45, 2.75) is 88.4 Å². The van der Waals surface area contributed by atoms with Crippen LogP contribution in [0.25, 0.3) is 11.1 Å². The first-order valence-electron chi connectivity index (χ1n) is 12.2. The number of esters is 1. The Kier molecular flexibility index (Phi) is 10.1. The number of carbonyl (C=O) groups excluding carboxylic acids is 1. The number of thioether (sulfide) groups is 1. The van der Waals surface area contributed by atoms with E-state index in [1.807, 2.05) is 18.4 Å². The molecule has 0 saturated heterocycles. The summed E-state index contributed by atoms with van der Waals surface area (Å²) >= 11 is 1.59. The predicted octanol–water partition coefficient (Wildman–Crippen LogP) is 8.39. The van der Waals surface area contributed by atoms with Crippen molar-refractivity contribution < 1.29 is 13.9 Å². The molecule has 0 saturated carbocycles. The zero-order valence-corrected chi connectivity index (χ0v) is 20.5. The van der Waals surface area contributed by atoms with Crippen molar-refractivity contribution in [1.82, 2.24) is 0 Å². The SMILES string of the molecule is COC(=O)c1c(SC)cc(-c2ccc(F)cc2)c2c1CCCCCCCCCCCCC2. The van der Waals surface area contributed by atoms with Crippen molar-refractivity contribution >= 4 is 17.7 Å². The molecule has 0 bridgehead atoms. The predicted molar refractivity (Wildman–Crippen MR) is 133 cm³/mol. The van der Waals surface area contributed by atoms with Crippen LogP contribution in [0.5, 0.6) is 0 Å². The van der Waals surface area contributed by atoms with Crippen LogP contribution >= 0.6 is 11.8 Å². The highest BCUT2D eigenvalue weighted by Crippen LogP contribution is 2.37. The molecular formula is C28H37FO2S. The van der Waals surface area contributed by atoms with Crippen molar-refractivity contribution in [3.05, 3.63) is 52.8 Å². The van der Waals surface area contributed by atoms with Gasteiger partial charge in [-0.25, -0.2) is 9.18 Å². The maximum Gasteiger partial charge on any atom is 0.339 e. The van der Waals surface area contributed by atoms with Gasteiger partial charge in [-0.1, -0.05) is 69.9 Å². The molecule has 0 radical (unpaired) electrons. The average molecular weight is 457 g/mol. The minimum absolute atomic E-state index is 0.225. The van der Waals surface area contributed by atoms with Gasteiger partial charge in [0, 0.05) is 4.90 Å². The van der Waals surface area contributed by atoms with E-state index in [4.69, 9.17) is 4.74 Å². The second-order valence-corrected chi connectivity index (χ2v) is 9.69. The lowest BCUT2D eigenvalue weighted by Crippen LogP contribution is -2.12. The van der Waals surface area contributed by atoms with Gasteiger partial charge in [0.2, 0.25) is 0 Å². The first-order chi connectivity index (χ1) is 15.7. The number of rotatable bonds is 3. The maximum atomic E-state index is 13.6. The van der Waals surface area contributed by atoms with Gasteiger partial charge in [0.1, 0.15) is 5.82 Å². The molecule has 0 aliphatic heterocycles. The molecule has 2 nitrogen and oxygen atoms in total. The summed E-state index contributed by atoms with van der Waals surface area (Å²) in [6, 6.07) is 8.91. The summed E-state index contributed by atoms with van der Waals surface area (Å²) in [6.07, 6.45) is 17.6. The third-order valence-electron chi connectivity index (χ3n) is 6.63. The Morgan fingerprint density at radius 3 is 1.81 bits per heavy atom. The number of hydrogen-bond acceptors (Lipinski definition) is 3. The zero-order valence-electron chi connectivity index (χ0n) is 19.7. The van der Waals surface area contributed by atoms with Crippen molar-refractivity contribution in [3.63, 3.8) is 0 Å². The topological polar surface area (TPSA) is 26.3 Å². The number of methoxy groups -OCH3 is 1. The molecule has 2 aromatic rings. The third-order valence-corrected chi connectivity index (χ3v) is 7.39. The fraction of sp³-hybridized carbons (Fsp3) is 0.536. The van der Waals surface area contributed by atoms with Crippen LogP contribution in [0.4, 0.5) is 4.39 Å². The smallest absolute Gasteiger partial charge is 0.339 e. The summed E-state index contributed by atoms with van der Waals surface area (Å²) in [7, 11) is 1.47. The standard InChI is InChI=1S/C28H37FO2S/c1-31-28(30)27-24-15-13-11-9-7-5-3-4-6-8-10-12-14-23(24)25(20-26(27)32-2)21-16-18-22(29)19-17-21/h16-20H,3-15H2,1-2H3. The molecule has 174 valence electrons. The average Bonchev–Trinajstić information content (AvgIpc) is 2.82. The Morgan fingerprint density at radius 2 is 1.31 bits per heavy atom. The summed E-state index contributed by atoms with van der Waals surface area (Å²) in [5.41, 5.74) is 5.31. The van der Waals surface area contributed by atoms with E-state index < -0.39 is 0 Å². The van der Waals surface area contributed by atoms with Gasteiger partial charge in [0.15, 0.2) is 0 Å². The number of benzene rings is 2. The first-order valence-corrected chi connectivity index (χ1v) is 13.4. The Bertz CT molecular complexity index is 876. The van der Waals surface area contributed by atoms with E-state index in [9.17, 15) is 9.18 Å². The van der Waals surface area contributed by atoms with E-state index in [2.05, 4.69) is 6.07 Å². The van der Waals surface area contributed by atoms with Crippen molar-refractivity contribution in [1.29, 1.82) is 0 Å². The van der Waals surface area contributed by atoms with Crippen LogP contribution in [-0.2, 0) is 17.6 Å². The Labute approximate surface area is 197 Å². The number of hydrogen-bond donors (Lipinski definition) is 0. The van der Waals surface area contributed by atoms with Crippen molar-refractivity contribution in [3.8, 4) is 11.1 Å². The van der Waals surface area contributed by atoms with Crippen LogP contribution in [0.15, 0.2) is 35.2 Å².